The van der Waals surface area contributed by atoms with Crippen LogP contribution in [0.15, 0.2) is 35.3 Å². The average Bonchev–Trinajstić information content (AvgIpc) is 2.70. The fourth-order valence-corrected chi connectivity index (χ4v) is 3.46. The molecule has 1 saturated heterocycles. The number of hydrogen-bond donors (Lipinski definition) is 1. The summed E-state index contributed by atoms with van der Waals surface area (Å²) in [4.78, 5) is 28.0. The Morgan fingerprint density at radius 3 is 2.46 bits per heavy atom. The quantitative estimate of drug-likeness (QED) is 0.872. The highest BCUT2D eigenvalue weighted by molar-refractivity contribution is 5.67. The number of nitrogens with zero attached hydrogens (tertiary/aromatic N) is 3. The zero-order chi connectivity index (χ0) is 20.3. The van der Waals surface area contributed by atoms with Crippen molar-refractivity contribution in [3.63, 3.8) is 0 Å². The van der Waals surface area contributed by atoms with Crippen molar-refractivity contribution < 1.29 is 14.6 Å². The number of methoxy groups -OCH3 is 1. The van der Waals surface area contributed by atoms with Crippen LogP contribution in [0, 0.1) is 13.8 Å². The Bertz CT molecular complexity index is 914. The van der Waals surface area contributed by atoms with Crippen molar-refractivity contribution in [1.29, 1.82) is 0 Å². The van der Waals surface area contributed by atoms with Gasteiger partial charge in [-0.3, -0.25) is 9.69 Å². The molecule has 1 aromatic heterocycles. The second-order valence-electron chi connectivity index (χ2n) is 7.29. The zero-order valence-electron chi connectivity index (χ0n) is 16.6. The summed E-state index contributed by atoms with van der Waals surface area (Å²) in [5.41, 5.74) is 3.54. The molecular formula is C21H27N3O4. The maximum Gasteiger partial charge on any atom is 0.409 e. The summed E-state index contributed by atoms with van der Waals surface area (Å²) in [7, 11) is 1.37. The van der Waals surface area contributed by atoms with E-state index < -0.39 is 0 Å². The van der Waals surface area contributed by atoms with E-state index in [2.05, 4.69) is 11.0 Å². The first-order valence-corrected chi connectivity index (χ1v) is 9.41. The number of aromatic hydroxyl groups is 1. The molecule has 0 unspecified atom stereocenters. The Kier molecular flexibility index (Phi) is 6.04. The normalized spacial score (nSPS) is 14.9. The van der Waals surface area contributed by atoms with Gasteiger partial charge in [0.05, 0.1) is 13.7 Å². The molecule has 2 aromatic rings. The summed E-state index contributed by atoms with van der Waals surface area (Å²) in [5.74, 6) is -0.205. The maximum atomic E-state index is 12.6. The number of carbonyl (C=O) groups excluding carboxylic acids is 1. The van der Waals surface area contributed by atoms with Gasteiger partial charge in [0.25, 0.3) is 5.56 Å². The highest BCUT2D eigenvalue weighted by atomic mass is 16.5. The van der Waals surface area contributed by atoms with Crippen LogP contribution in [0.25, 0.3) is 0 Å². The van der Waals surface area contributed by atoms with Gasteiger partial charge in [-0.05, 0) is 31.0 Å². The van der Waals surface area contributed by atoms with E-state index in [1.165, 1.54) is 11.7 Å². The Hall–Kier alpha value is -2.80. The lowest BCUT2D eigenvalue weighted by molar-refractivity contribution is 0.0885. The molecule has 2 heterocycles. The van der Waals surface area contributed by atoms with Crippen LogP contribution in [0.1, 0.15) is 22.3 Å². The molecule has 1 aromatic carbocycles. The Labute approximate surface area is 164 Å². The van der Waals surface area contributed by atoms with Gasteiger partial charge in [0, 0.05) is 44.5 Å². The largest absolute Gasteiger partial charge is 0.503 e. The van der Waals surface area contributed by atoms with Crippen molar-refractivity contribution in [1.82, 2.24) is 14.4 Å². The highest BCUT2D eigenvalue weighted by Crippen LogP contribution is 2.17. The third kappa shape index (κ3) is 4.36. The number of benzene rings is 1. The minimum absolute atomic E-state index is 0.205. The van der Waals surface area contributed by atoms with Crippen LogP contribution in [0.3, 0.4) is 0 Å². The number of amides is 1. The molecule has 1 fully saturated rings. The minimum Gasteiger partial charge on any atom is -0.503 e. The first-order chi connectivity index (χ1) is 13.4. The molecule has 0 saturated carbocycles. The summed E-state index contributed by atoms with van der Waals surface area (Å²) in [5, 5.41) is 10.4. The zero-order valence-corrected chi connectivity index (χ0v) is 16.6. The van der Waals surface area contributed by atoms with Crippen molar-refractivity contribution in [3.05, 3.63) is 63.1 Å². The smallest absolute Gasteiger partial charge is 0.409 e. The molecule has 150 valence electrons. The van der Waals surface area contributed by atoms with E-state index >= 15 is 0 Å². The molecule has 1 N–H and O–H groups in total. The Morgan fingerprint density at radius 1 is 1.07 bits per heavy atom. The van der Waals surface area contributed by atoms with E-state index in [4.69, 9.17) is 4.74 Å². The van der Waals surface area contributed by atoms with E-state index in [-0.39, 0.29) is 17.4 Å². The number of aromatic nitrogens is 1. The molecule has 3 rings (SSSR count). The number of pyridine rings is 1. The summed E-state index contributed by atoms with van der Waals surface area (Å²) in [6.45, 7) is 7.40. The molecule has 28 heavy (non-hydrogen) atoms. The fourth-order valence-electron chi connectivity index (χ4n) is 3.46. The van der Waals surface area contributed by atoms with Crippen molar-refractivity contribution in [2.45, 2.75) is 26.9 Å². The number of rotatable bonds is 4. The molecule has 0 spiro atoms. The third-order valence-electron chi connectivity index (χ3n) is 5.27. The fraction of sp³-hybridized carbons (Fsp3) is 0.429. The Balaban J connectivity index is 1.70. The monoisotopic (exact) mass is 385 g/mol. The third-order valence-corrected chi connectivity index (χ3v) is 5.27. The van der Waals surface area contributed by atoms with Crippen LogP contribution >= 0.6 is 0 Å². The van der Waals surface area contributed by atoms with Gasteiger partial charge in [-0.25, -0.2) is 4.79 Å². The van der Waals surface area contributed by atoms with Crippen molar-refractivity contribution in [2.24, 2.45) is 0 Å². The molecule has 0 bridgehead atoms. The van der Waals surface area contributed by atoms with E-state index in [1.54, 1.807) is 17.2 Å². The van der Waals surface area contributed by atoms with Crippen LogP contribution < -0.4 is 5.56 Å². The molecule has 7 heteroatoms. The molecule has 1 aliphatic rings. The number of carbonyl (C=O) groups is 1. The van der Waals surface area contributed by atoms with Gasteiger partial charge in [-0.15, -0.1) is 0 Å². The predicted octanol–water partition coefficient (Wildman–Crippen LogP) is 2.10. The molecule has 1 aliphatic heterocycles. The number of piperazine rings is 1. The molecule has 0 atom stereocenters. The lowest BCUT2D eigenvalue weighted by atomic mass is 10.1. The maximum absolute atomic E-state index is 12.6. The summed E-state index contributed by atoms with van der Waals surface area (Å²) in [6.07, 6.45) is 1.42. The van der Waals surface area contributed by atoms with E-state index in [0.29, 0.717) is 44.8 Å². The van der Waals surface area contributed by atoms with Crippen LogP contribution in [0.4, 0.5) is 4.79 Å². The predicted molar refractivity (Wildman–Crippen MR) is 107 cm³/mol. The standard InChI is InChI=1S/C21H27N3O4/c1-15-4-5-16(2)18(12-15)14-24-7-6-17(19(25)20(24)26)13-22-8-10-23(11-9-22)21(27)28-3/h4-7,12,25H,8-11,13-14H2,1-3H3. The second kappa shape index (κ2) is 8.48. The van der Waals surface area contributed by atoms with E-state index in [9.17, 15) is 14.7 Å². The SMILES string of the molecule is COC(=O)N1CCN(Cc2ccn(Cc3cc(C)ccc3C)c(=O)c2O)CC1. The average molecular weight is 385 g/mol. The van der Waals surface area contributed by atoms with Gasteiger partial charge < -0.3 is 19.3 Å². The number of aryl methyl sites for hydroxylation is 2. The minimum atomic E-state index is -0.383. The number of ether oxygens (including phenoxy) is 1. The first-order valence-electron chi connectivity index (χ1n) is 9.41. The van der Waals surface area contributed by atoms with Crippen molar-refractivity contribution >= 4 is 6.09 Å². The van der Waals surface area contributed by atoms with Gasteiger partial charge in [0.2, 0.25) is 0 Å². The molecule has 0 radical (unpaired) electrons. The van der Waals surface area contributed by atoms with Crippen LogP contribution in [-0.2, 0) is 17.8 Å². The van der Waals surface area contributed by atoms with Gasteiger partial charge in [0.1, 0.15) is 0 Å². The summed E-state index contributed by atoms with van der Waals surface area (Å²) in [6, 6.07) is 7.95. The molecule has 1 amide bonds. The van der Waals surface area contributed by atoms with E-state index in [1.807, 2.05) is 26.0 Å². The van der Waals surface area contributed by atoms with Gasteiger partial charge in [-0.2, -0.15) is 0 Å². The van der Waals surface area contributed by atoms with Crippen molar-refractivity contribution in [2.75, 3.05) is 33.3 Å². The van der Waals surface area contributed by atoms with Gasteiger partial charge >= 0.3 is 6.09 Å². The van der Waals surface area contributed by atoms with Crippen LogP contribution in [-0.4, -0.2) is 58.9 Å². The van der Waals surface area contributed by atoms with Gasteiger partial charge in [-0.1, -0.05) is 23.8 Å². The van der Waals surface area contributed by atoms with Gasteiger partial charge in [0.15, 0.2) is 5.75 Å². The second-order valence-corrected chi connectivity index (χ2v) is 7.29. The lowest BCUT2D eigenvalue weighted by Crippen LogP contribution is -2.48. The van der Waals surface area contributed by atoms with E-state index in [0.717, 1.165) is 16.7 Å². The first kappa shape index (κ1) is 19.9. The highest BCUT2D eigenvalue weighted by Gasteiger charge is 2.22. The van der Waals surface area contributed by atoms with Crippen molar-refractivity contribution in [3.8, 4) is 5.75 Å². The Morgan fingerprint density at radius 2 is 1.79 bits per heavy atom. The molecule has 7 nitrogen and oxygen atoms in total. The molecular weight excluding hydrogens is 358 g/mol. The number of hydrogen-bond acceptors (Lipinski definition) is 5. The molecule has 0 aliphatic carbocycles. The van der Waals surface area contributed by atoms with Crippen LogP contribution in [0.2, 0.25) is 0 Å². The summed E-state index contributed by atoms with van der Waals surface area (Å²) < 4.78 is 6.28. The topological polar surface area (TPSA) is 75.0 Å². The lowest BCUT2D eigenvalue weighted by Gasteiger charge is -2.33. The summed E-state index contributed by atoms with van der Waals surface area (Å²) >= 11 is 0. The van der Waals surface area contributed by atoms with Crippen LogP contribution in [0.5, 0.6) is 5.75 Å².